The minimum Gasteiger partial charge on any atom is -0.352 e. The monoisotopic (exact) mass is 428 g/mol. The fourth-order valence-corrected chi connectivity index (χ4v) is 4.29. The van der Waals surface area contributed by atoms with Gasteiger partial charge in [-0.1, -0.05) is 45.0 Å². The van der Waals surface area contributed by atoms with Gasteiger partial charge in [0.2, 0.25) is 11.8 Å². The number of piperidine rings is 1. The first kappa shape index (κ1) is 22.4. The number of hydrogen-bond acceptors (Lipinski definition) is 5. The van der Waals surface area contributed by atoms with Crippen molar-refractivity contribution < 1.29 is 9.59 Å². The second kappa shape index (κ2) is 10.7. The lowest BCUT2D eigenvalue weighted by Gasteiger charge is -2.30. The van der Waals surface area contributed by atoms with Crippen molar-refractivity contribution >= 4 is 28.3 Å². The summed E-state index contributed by atoms with van der Waals surface area (Å²) in [6.45, 7) is 9.85. The summed E-state index contributed by atoms with van der Waals surface area (Å²) in [6, 6.07) is 8.49. The molecular formula is C23H32N4O2S. The molecule has 2 amide bonds. The van der Waals surface area contributed by atoms with Crippen molar-refractivity contribution in [3.05, 3.63) is 46.5 Å². The van der Waals surface area contributed by atoms with Gasteiger partial charge in [0.25, 0.3) is 0 Å². The molecule has 1 aromatic heterocycles. The van der Waals surface area contributed by atoms with Crippen LogP contribution in [0.2, 0.25) is 0 Å². The predicted molar refractivity (Wildman–Crippen MR) is 121 cm³/mol. The number of likely N-dealkylation sites (tertiary alicyclic amines) is 1. The molecule has 1 aliphatic heterocycles. The zero-order valence-corrected chi connectivity index (χ0v) is 18.9. The van der Waals surface area contributed by atoms with Crippen LogP contribution in [0.3, 0.4) is 0 Å². The van der Waals surface area contributed by atoms with Crippen LogP contribution < -0.4 is 10.6 Å². The van der Waals surface area contributed by atoms with E-state index in [0.29, 0.717) is 17.4 Å². The largest absolute Gasteiger partial charge is 0.352 e. The summed E-state index contributed by atoms with van der Waals surface area (Å²) in [5.41, 5.74) is 3.07. The molecule has 7 heteroatoms. The van der Waals surface area contributed by atoms with Crippen LogP contribution in [0, 0.1) is 11.8 Å². The zero-order valence-electron chi connectivity index (χ0n) is 18.1. The van der Waals surface area contributed by atoms with E-state index in [2.05, 4.69) is 51.7 Å². The third-order valence-corrected chi connectivity index (χ3v) is 6.11. The van der Waals surface area contributed by atoms with Gasteiger partial charge in [-0.25, -0.2) is 4.98 Å². The van der Waals surface area contributed by atoms with E-state index >= 15 is 0 Å². The maximum Gasteiger partial charge on any atom is 0.228 e. The molecule has 162 valence electrons. The number of carbonyl (C=O) groups excluding carboxylic acids is 2. The fraction of sp³-hybridized carbons (Fsp3) is 0.522. The van der Waals surface area contributed by atoms with Gasteiger partial charge in [-0.05, 0) is 36.4 Å². The van der Waals surface area contributed by atoms with E-state index in [9.17, 15) is 9.59 Å². The van der Waals surface area contributed by atoms with E-state index in [4.69, 9.17) is 0 Å². The molecule has 30 heavy (non-hydrogen) atoms. The number of amides is 2. The molecule has 1 aliphatic rings. The van der Waals surface area contributed by atoms with Gasteiger partial charge in [0, 0.05) is 30.9 Å². The summed E-state index contributed by atoms with van der Waals surface area (Å²) in [6.07, 6.45) is 2.83. The maximum absolute atomic E-state index is 12.2. The number of thiazole rings is 1. The second-order valence-corrected chi connectivity index (χ2v) is 9.40. The minimum absolute atomic E-state index is 0.0707. The topological polar surface area (TPSA) is 74.3 Å². The molecule has 0 radical (unpaired) electrons. The Morgan fingerprint density at radius 3 is 2.67 bits per heavy atom. The summed E-state index contributed by atoms with van der Waals surface area (Å²) in [7, 11) is 0. The summed E-state index contributed by atoms with van der Waals surface area (Å²) in [5, 5.41) is 8.06. The predicted octanol–water partition coefficient (Wildman–Crippen LogP) is 3.83. The van der Waals surface area contributed by atoms with Crippen molar-refractivity contribution in [2.45, 2.75) is 53.1 Å². The van der Waals surface area contributed by atoms with E-state index in [1.807, 2.05) is 19.2 Å². The average Bonchev–Trinajstić information content (AvgIpc) is 3.14. The molecule has 0 saturated carbocycles. The van der Waals surface area contributed by atoms with Crippen molar-refractivity contribution in [3.8, 4) is 0 Å². The van der Waals surface area contributed by atoms with E-state index < -0.39 is 0 Å². The lowest BCUT2D eigenvalue weighted by Crippen LogP contribution is -2.33. The summed E-state index contributed by atoms with van der Waals surface area (Å²) in [5.74, 6) is 0.538. The number of hydrogen-bond donors (Lipinski definition) is 2. The van der Waals surface area contributed by atoms with Crippen LogP contribution >= 0.6 is 11.3 Å². The van der Waals surface area contributed by atoms with E-state index in [-0.39, 0.29) is 24.2 Å². The second-order valence-electron chi connectivity index (χ2n) is 8.54. The quantitative estimate of drug-likeness (QED) is 0.670. The minimum atomic E-state index is -0.101. The van der Waals surface area contributed by atoms with Crippen molar-refractivity contribution in [3.63, 3.8) is 0 Å². The molecule has 6 nitrogen and oxygen atoms in total. The molecular weight excluding hydrogens is 396 g/mol. The van der Waals surface area contributed by atoms with Crippen LogP contribution in [0.4, 0.5) is 5.13 Å². The molecule has 2 heterocycles. The molecule has 2 aromatic rings. The van der Waals surface area contributed by atoms with Crippen molar-refractivity contribution in [1.82, 2.24) is 15.2 Å². The van der Waals surface area contributed by atoms with Crippen LogP contribution in [0.15, 0.2) is 29.6 Å². The van der Waals surface area contributed by atoms with Gasteiger partial charge in [0.05, 0.1) is 12.1 Å². The highest BCUT2D eigenvalue weighted by molar-refractivity contribution is 7.13. The molecule has 1 fully saturated rings. The number of rotatable bonds is 8. The normalized spacial score (nSPS) is 17.1. The van der Waals surface area contributed by atoms with Crippen molar-refractivity contribution in [2.75, 3.05) is 18.4 Å². The first-order valence-corrected chi connectivity index (χ1v) is 11.6. The van der Waals surface area contributed by atoms with E-state index in [0.717, 1.165) is 18.0 Å². The van der Waals surface area contributed by atoms with Gasteiger partial charge < -0.3 is 10.6 Å². The highest BCUT2D eigenvalue weighted by Crippen LogP contribution is 2.18. The lowest BCUT2D eigenvalue weighted by atomic mass is 9.99. The van der Waals surface area contributed by atoms with Gasteiger partial charge in [-0.3, -0.25) is 14.5 Å². The Hall–Kier alpha value is -2.25. The molecule has 1 aromatic carbocycles. The number of anilines is 1. The van der Waals surface area contributed by atoms with E-state index in [1.165, 1.54) is 42.8 Å². The van der Waals surface area contributed by atoms with Gasteiger partial charge in [-0.15, -0.1) is 11.3 Å². The Morgan fingerprint density at radius 2 is 1.97 bits per heavy atom. The van der Waals surface area contributed by atoms with Gasteiger partial charge in [0.1, 0.15) is 0 Å². The van der Waals surface area contributed by atoms with Crippen LogP contribution in [-0.4, -0.2) is 34.8 Å². The van der Waals surface area contributed by atoms with Gasteiger partial charge in [-0.2, -0.15) is 0 Å². The highest BCUT2D eigenvalue weighted by Gasteiger charge is 2.16. The summed E-state index contributed by atoms with van der Waals surface area (Å²) in [4.78, 5) is 30.8. The Morgan fingerprint density at radius 1 is 1.23 bits per heavy atom. The van der Waals surface area contributed by atoms with Crippen molar-refractivity contribution in [2.24, 2.45) is 11.8 Å². The van der Waals surface area contributed by atoms with Crippen LogP contribution in [0.1, 0.15) is 50.4 Å². The third kappa shape index (κ3) is 6.92. The van der Waals surface area contributed by atoms with Crippen LogP contribution in [0.5, 0.6) is 0 Å². The van der Waals surface area contributed by atoms with Crippen molar-refractivity contribution in [1.29, 1.82) is 0 Å². The standard InChI is InChI=1S/C23H32N4O2S/c1-16(2)22(29)26-23-25-20(15-30-23)11-21(28)24-12-18-6-8-19(9-7-18)14-27-10-4-5-17(3)13-27/h6-9,15-17H,4-5,10-14H2,1-3H3,(H,24,28)(H,25,26,29). The third-order valence-electron chi connectivity index (χ3n) is 5.31. The molecule has 1 saturated heterocycles. The van der Waals surface area contributed by atoms with Gasteiger partial charge >= 0.3 is 0 Å². The Bertz CT molecular complexity index is 847. The number of aromatic nitrogens is 1. The number of nitrogens with one attached hydrogen (secondary N) is 2. The molecule has 0 spiro atoms. The Kier molecular flexibility index (Phi) is 7.99. The highest BCUT2D eigenvalue weighted by atomic mass is 32.1. The molecule has 1 atom stereocenters. The number of nitrogens with zero attached hydrogens (tertiary/aromatic N) is 2. The molecule has 0 aliphatic carbocycles. The first-order valence-electron chi connectivity index (χ1n) is 10.7. The summed E-state index contributed by atoms with van der Waals surface area (Å²) < 4.78 is 0. The zero-order chi connectivity index (χ0) is 21.5. The lowest BCUT2D eigenvalue weighted by molar-refractivity contribution is -0.120. The average molecular weight is 429 g/mol. The maximum atomic E-state index is 12.2. The molecule has 3 rings (SSSR count). The van der Waals surface area contributed by atoms with Gasteiger partial charge in [0.15, 0.2) is 5.13 Å². The van der Waals surface area contributed by atoms with Crippen LogP contribution in [0.25, 0.3) is 0 Å². The Labute approximate surface area is 183 Å². The first-order chi connectivity index (χ1) is 14.4. The smallest absolute Gasteiger partial charge is 0.228 e. The molecule has 0 bridgehead atoms. The summed E-state index contributed by atoms with van der Waals surface area (Å²) >= 11 is 1.34. The van der Waals surface area contributed by atoms with Crippen LogP contribution in [-0.2, 0) is 29.1 Å². The Balaban J connectivity index is 1.42. The number of benzene rings is 1. The SMILES string of the molecule is CC1CCCN(Cc2ccc(CNC(=O)Cc3csc(NC(=O)C(C)C)n3)cc2)C1. The number of carbonyl (C=O) groups is 2. The fourth-order valence-electron chi connectivity index (χ4n) is 3.57. The molecule has 2 N–H and O–H groups in total. The van der Waals surface area contributed by atoms with E-state index in [1.54, 1.807) is 0 Å². The molecule has 1 unspecified atom stereocenters.